The van der Waals surface area contributed by atoms with Crippen LogP contribution in [0, 0.1) is 6.92 Å². The Bertz CT molecular complexity index is 375. The fourth-order valence-electron chi connectivity index (χ4n) is 1.01. The summed E-state index contributed by atoms with van der Waals surface area (Å²) in [6.45, 7) is 1.71. The summed E-state index contributed by atoms with van der Waals surface area (Å²) in [5, 5.41) is 0. The molecule has 0 aliphatic rings. The van der Waals surface area contributed by atoms with Crippen molar-refractivity contribution < 1.29 is 14.3 Å². The number of rotatable bonds is 3. The number of likely N-dealkylation sites (N-methyl/N-ethyl adjacent to an activating group) is 1. The van der Waals surface area contributed by atoms with Gasteiger partial charge in [0.1, 0.15) is 11.4 Å². The third kappa shape index (κ3) is 2.76. The van der Waals surface area contributed by atoms with Gasteiger partial charge in [0.2, 0.25) is 0 Å². The van der Waals surface area contributed by atoms with Crippen LogP contribution in [0.1, 0.15) is 15.4 Å². The van der Waals surface area contributed by atoms with Crippen LogP contribution in [-0.2, 0) is 9.53 Å². The van der Waals surface area contributed by atoms with Gasteiger partial charge in [-0.2, -0.15) is 0 Å². The van der Waals surface area contributed by atoms with Gasteiger partial charge in [-0.1, -0.05) is 0 Å². The van der Waals surface area contributed by atoms with Gasteiger partial charge in [-0.3, -0.25) is 9.59 Å². The highest BCUT2D eigenvalue weighted by molar-refractivity contribution is 7.11. The van der Waals surface area contributed by atoms with Gasteiger partial charge < -0.3 is 9.64 Å². The van der Waals surface area contributed by atoms with Crippen molar-refractivity contribution in [2.45, 2.75) is 6.92 Å². The summed E-state index contributed by atoms with van der Waals surface area (Å²) in [5.74, 6) is -0.645. The van der Waals surface area contributed by atoms with Gasteiger partial charge in [-0.25, -0.2) is 4.98 Å². The first-order chi connectivity index (χ1) is 7.06. The fraction of sp³-hybridized carbons (Fsp3) is 0.444. The lowest BCUT2D eigenvalue weighted by Crippen LogP contribution is -2.32. The smallest absolute Gasteiger partial charge is 0.325 e. The molecule has 1 rings (SSSR count). The first-order valence-corrected chi connectivity index (χ1v) is 5.16. The van der Waals surface area contributed by atoms with Crippen LogP contribution in [0.15, 0.2) is 5.51 Å². The van der Waals surface area contributed by atoms with Crippen LogP contribution in [0.3, 0.4) is 0 Å². The molecule has 0 saturated carbocycles. The molecule has 0 radical (unpaired) electrons. The number of thiazole rings is 1. The van der Waals surface area contributed by atoms with E-state index in [0.29, 0.717) is 10.6 Å². The Morgan fingerprint density at radius 3 is 2.73 bits per heavy atom. The van der Waals surface area contributed by atoms with Crippen molar-refractivity contribution in [1.29, 1.82) is 0 Å². The zero-order chi connectivity index (χ0) is 11.4. The summed E-state index contributed by atoms with van der Waals surface area (Å²) in [6, 6.07) is 0. The minimum atomic E-state index is -0.437. The summed E-state index contributed by atoms with van der Waals surface area (Å²) in [4.78, 5) is 28.6. The van der Waals surface area contributed by atoms with E-state index in [2.05, 4.69) is 9.72 Å². The minimum absolute atomic E-state index is 0.0489. The molecule has 0 aliphatic carbocycles. The van der Waals surface area contributed by atoms with Gasteiger partial charge in [0.15, 0.2) is 0 Å². The number of carbonyl (C=O) groups is 2. The van der Waals surface area contributed by atoms with Crippen molar-refractivity contribution in [1.82, 2.24) is 9.88 Å². The number of hydrogen-bond acceptors (Lipinski definition) is 5. The molecule has 1 aromatic heterocycles. The van der Waals surface area contributed by atoms with Crippen molar-refractivity contribution in [3.63, 3.8) is 0 Å². The predicted octanol–water partition coefficient (Wildman–Crippen LogP) is 0.697. The normalized spacial score (nSPS) is 9.80. The standard InChI is InChI=1S/C9H12N2O3S/c1-6-8(15-5-10-6)9(13)11(2)4-7(12)14-3/h5H,4H2,1-3H3. The van der Waals surface area contributed by atoms with Crippen molar-refractivity contribution >= 4 is 23.2 Å². The van der Waals surface area contributed by atoms with E-state index in [1.54, 1.807) is 19.5 Å². The second kappa shape index (κ2) is 4.88. The summed E-state index contributed by atoms with van der Waals surface area (Å²) in [5.41, 5.74) is 2.29. The lowest BCUT2D eigenvalue weighted by atomic mass is 10.3. The monoisotopic (exact) mass is 228 g/mol. The molecule has 0 saturated heterocycles. The SMILES string of the molecule is COC(=O)CN(C)C(=O)c1scnc1C. The molecule has 0 unspecified atom stereocenters. The lowest BCUT2D eigenvalue weighted by Gasteiger charge is -2.14. The average Bonchev–Trinajstić information content (AvgIpc) is 2.63. The van der Waals surface area contributed by atoms with E-state index in [0.717, 1.165) is 0 Å². The Morgan fingerprint density at radius 2 is 2.27 bits per heavy atom. The molecule has 0 aliphatic heterocycles. The van der Waals surface area contributed by atoms with Crippen LogP contribution in [0.4, 0.5) is 0 Å². The molecule has 0 spiro atoms. The number of amides is 1. The van der Waals surface area contributed by atoms with Crippen LogP contribution >= 0.6 is 11.3 Å². The Morgan fingerprint density at radius 1 is 1.60 bits per heavy atom. The van der Waals surface area contributed by atoms with Gasteiger partial charge in [-0.15, -0.1) is 11.3 Å². The first-order valence-electron chi connectivity index (χ1n) is 4.28. The summed E-state index contributed by atoms with van der Waals surface area (Å²) in [6.07, 6.45) is 0. The van der Waals surface area contributed by atoms with E-state index in [1.807, 2.05) is 0 Å². The third-order valence-electron chi connectivity index (χ3n) is 1.88. The number of ether oxygens (including phenoxy) is 1. The summed E-state index contributed by atoms with van der Waals surface area (Å²) in [7, 11) is 2.84. The van der Waals surface area contributed by atoms with Gasteiger partial charge in [-0.05, 0) is 6.92 Å². The van der Waals surface area contributed by atoms with E-state index in [1.165, 1.54) is 23.3 Å². The maximum atomic E-state index is 11.8. The van der Waals surface area contributed by atoms with Crippen LogP contribution in [0.2, 0.25) is 0 Å². The molecule has 0 fully saturated rings. The van der Waals surface area contributed by atoms with E-state index >= 15 is 0 Å². The Hall–Kier alpha value is -1.43. The maximum Gasteiger partial charge on any atom is 0.325 e. The molecule has 5 nitrogen and oxygen atoms in total. The molecule has 0 bridgehead atoms. The number of methoxy groups -OCH3 is 1. The van der Waals surface area contributed by atoms with Crippen LogP contribution in [-0.4, -0.2) is 42.5 Å². The molecule has 0 aromatic carbocycles. The zero-order valence-corrected chi connectivity index (χ0v) is 9.63. The van der Waals surface area contributed by atoms with E-state index < -0.39 is 5.97 Å². The Labute approximate surface area is 91.7 Å². The molecule has 6 heteroatoms. The minimum Gasteiger partial charge on any atom is -0.468 e. The third-order valence-corrected chi connectivity index (χ3v) is 2.80. The molecule has 1 amide bonds. The molecule has 0 atom stereocenters. The zero-order valence-electron chi connectivity index (χ0n) is 8.81. The van der Waals surface area contributed by atoms with E-state index in [-0.39, 0.29) is 12.5 Å². The number of esters is 1. The molecule has 1 aromatic rings. The molecule has 82 valence electrons. The maximum absolute atomic E-state index is 11.8. The largest absolute Gasteiger partial charge is 0.468 e. The van der Waals surface area contributed by atoms with Gasteiger partial charge >= 0.3 is 5.97 Å². The highest BCUT2D eigenvalue weighted by Crippen LogP contribution is 2.14. The lowest BCUT2D eigenvalue weighted by molar-refractivity contribution is -0.141. The first kappa shape index (κ1) is 11.6. The second-order valence-corrected chi connectivity index (χ2v) is 3.86. The topological polar surface area (TPSA) is 59.5 Å². The average molecular weight is 228 g/mol. The second-order valence-electron chi connectivity index (χ2n) is 3.00. The number of aryl methyl sites for hydroxylation is 1. The highest BCUT2D eigenvalue weighted by Gasteiger charge is 2.18. The number of hydrogen-bond donors (Lipinski definition) is 0. The molecular formula is C9H12N2O3S. The number of carbonyl (C=O) groups excluding carboxylic acids is 2. The molecule has 0 N–H and O–H groups in total. The van der Waals surface area contributed by atoms with Crippen LogP contribution in [0.5, 0.6) is 0 Å². The predicted molar refractivity (Wildman–Crippen MR) is 55.8 cm³/mol. The van der Waals surface area contributed by atoms with Crippen molar-refractivity contribution in [2.75, 3.05) is 20.7 Å². The van der Waals surface area contributed by atoms with Crippen molar-refractivity contribution in [2.24, 2.45) is 0 Å². The highest BCUT2D eigenvalue weighted by atomic mass is 32.1. The van der Waals surface area contributed by atoms with Gasteiger partial charge in [0.25, 0.3) is 5.91 Å². The molecule has 1 heterocycles. The number of nitrogens with zero attached hydrogens (tertiary/aromatic N) is 2. The number of aromatic nitrogens is 1. The Balaban J connectivity index is 2.69. The van der Waals surface area contributed by atoms with Gasteiger partial charge in [0, 0.05) is 7.05 Å². The van der Waals surface area contributed by atoms with Crippen LogP contribution in [0.25, 0.3) is 0 Å². The van der Waals surface area contributed by atoms with Gasteiger partial charge in [0.05, 0.1) is 18.3 Å². The van der Waals surface area contributed by atoms with Crippen LogP contribution < -0.4 is 0 Å². The van der Waals surface area contributed by atoms with Crippen molar-refractivity contribution in [3.05, 3.63) is 16.1 Å². The van der Waals surface area contributed by atoms with E-state index in [4.69, 9.17) is 0 Å². The fourth-order valence-corrected chi connectivity index (χ4v) is 1.81. The molecule has 15 heavy (non-hydrogen) atoms. The Kier molecular flexibility index (Phi) is 3.79. The van der Waals surface area contributed by atoms with E-state index in [9.17, 15) is 9.59 Å². The summed E-state index contributed by atoms with van der Waals surface area (Å²) >= 11 is 1.27. The quantitative estimate of drug-likeness (QED) is 0.714. The van der Waals surface area contributed by atoms with Crippen molar-refractivity contribution in [3.8, 4) is 0 Å². The summed E-state index contributed by atoms with van der Waals surface area (Å²) < 4.78 is 4.47. The molecular weight excluding hydrogens is 216 g/mol.